The van der Waals surface area contributed by atoms with E-state index < -0.39 is 0 Å². The number of benzene rings is 2. The van der Waals surface area contributed by atoms with Crippen LogP contribution in [0.25, 0.3) is 0 Å². The van der Waals surface area contributed by atoms with E-state index in [-0.39, 0.29) is 12.0 Å². The molecule has 2 N–H and O–H groups in total. The molecule has 0 spiro atoms. The molecule has 29 heavy (non-hydrogen) atoms. The van der Waals surface area contributed by atoms with Crippen LogP contribution in [0, 0.1) is 13.8 Å². The van der Waals surface area contributed by atoms with Crippen LogP contribution >= 0.6 is 0 Å². The van der Waals surface area contributed by atoms with Gasteiger partial charge in [0.05, 0.1) is 19.3 Å². The average Bonchev–Trinajstić information content (AvgIpc) is 3.20. The summed E-state index contributed by atoms with van der Waals surface area (Å²) in [6, 6.07) is 13.2. The monoisotopic (exact) mass is 395 g/mol. The van der Waals surface area contributed by atoms with Crippen LogP contribution in [0.1, 0.15) is 41.3 Å². The number of aliphatic imine (C=N–C) groups is 1. The molecule has 2 aromatic carbocycles. The largest absolute Gasteiger partial charge is 0.494 e. The molecule has 0 radical (unpaired) electrons. The van der Waals surface area contributed by atoms with Crippen LogP contribution < -0.4 is 15.4 Å². The number of rotatable bonds is 6. The van der Waals surface area contributed by atoms with Crippen molar-refractivity contribution in [1.82, 2.24) is 5.32 Å². The van der Waals surface area contributed by atoms with Crippen molar-refractivity contribution < 1.29 is 14.3 Å². The molecule has 0 unspecified atom stereocenters. The van der Waals surface area contributed by atoms with Crippen molar-refractivity contribution >= 4 is 17.6 Å². The molecule has 1 saturated heterocycles. The van der Waals surface area contributed by atoms with Gasteiger partial charge < -0.3 is 14.8 Å². The van der Waals surface area contributed by atoms with Crippen molar-refractivity contribution in [3.63, 3.8) is 0 Å². The Bertz CT molecular complexity index is 836. The standard InChI is InChI=1S/C23H29N3O3/c1-4-28-20-9-7-18(8-10-20)22(27)26-23(24-15-21-6-5-11-29-21)25-19-13-16(2)12-17(3)14-19/h7-10,12-14,21H,4-6,11,15H2,1-3H3,(H2,24,25,26,27)/t21-/m1/s1. The number of hydrogen-bond donors (Lipinski definition) is 2. The molecule has 6 heteroatoms. The fourth-order valence-electron chi connectivity index (χ4n) is 3.32. The van der Waals surface area contributed by atoms with Crippen molar-refractivity contribution in [2.24, 2.45) is 4.99 Å². The number of nitrogens with one attached hydrogen (secondary N) is 2. The Hall–Kier alpha value is -2.86. The lowest BCUT2D eigenvalue weighted by Gasteiger charge is -2.14. The van der Waals surface area contributed by atoms with Crippen LogP contribution in [-0.2, 0) is 4.74 Å². The van der Waals surface area contributed by atoms with Crippen LogP contribution in [0.2, 0.25) is 0 Å². The fraction of sp³-hybridized carbons (Fsp3) is 0.391. The predicted molar refractivity (Wildman–Crippen MR) is 116 cm³/mol. The summed E-state index contributed by atoms with van der Waals surface area (Å²) in [4.78, 5) is 17.3. The number of carbonyl (C=O) groups is 1. The number of guanidine groups is 1. The topological polar surface area (TPSA) is 72.0 Å². The van der Waals surface area contributed by atoms with E-state index >= 15 is 0 Å². The Morgan fingerprint density at radius 3 is 2.52 bits per heavy atom. The molecule has 3 rings (SSSR count). The molecule has 154 valence electrons. The van der Waals surface area contributed by atoms with Crippen LogP contribution in [0.4, 0.5) is 5.69 Å². The zero-order valence-corrected chi connectivity index (χ0v) is 17.3. The summed E-state index contributed by atoms with van der Waals surface area (Å²) in [6.45, 7) is 7.89. The fourth-order valence-corrected chi connectivity index (χ4v) is 3.32. The minimum Gasteiger partial charge on any atom is -0.494 e. The Morgan fingerprint density at radius 2 is 1.90 bits per heavy atom. The third-order valence-electron chi connectivity index (χ3n) is 4.62. The Labute approximate surface area is 172 Å². The Kier molecular flexibility index (Phi) is 7.25. The third kappa shape index (κ3) is 6.32. The third-order valence-corrected chi connectivity index (χ3v) is 4.62. The van der Waals surface area contributed by atoms with Gasteiger partial charge >= 0.3 is 0 Å². The molecule has 1 aliphatic heterocycles. The van der Waals surface area contributed by atoms with Crippen LogP contribution in [-0.4, -0.2) is 37.7 Å². The van der Waals surface area contributed by atoms with Crippen molar-refractivity contribution in [3.8, 4) is 5.75 Å². The average molecular weight is 396 g/mol. The van der Waals surface area contributed by atoms with Gasteiger partial charge in [-0.05, 0) is 81.1 Å². The maximum absolute atomic E-state index is 12.7. The van der Waals surface area contributed by atoms with Crippen LogP contribution in [0.5, 0.6) is 5.75 Å². The highest BCUT2D eigenvalue weighted by Crippen LogP contribution is 2.16. The number of nitrogens with zero attached hydrogens (tertiary/aromatic N) is 1. The highest BCUT2D eigenvalue weighted by atomic mass is 16.5. The zero-order valence-electron chi connectivity index (χ0n) is 17.3. The van der Waals surface area contributed by atoms with Gasteiger partial charge in [-0.15, -0.1) is 0 Å². The highest BCUT2D eigenvalue weighted by Gasteiger charge is 2.16. The van der Waals surface area contributed by atoms with Gasteiger partial charge in [0.25, 0.3) is 5.91 Å². The molecular formula is C23H29N3O3. The summed E-state index contributed by atoms with van der Waals surface area (Å²) in [6.07, 6.45) is 2.15. The van der Waals surface area contributed by atoms with E-state index in [1.54, 1.807) is 24.3 Å². The number of amides is 1. The molecule has 0 aliphatic carbocycles. The highest BCUT2D eigenvalue weighted by molar-refractivity contribution is 6.10. The maximum atomic E-state index is 12.7. The second kappa shape index (κ2) is 10.1. The first kappa shape index (κ1) is 20.9. The van der Waals surface area contributed by atoms with E-state index in [0.29, 0.717) is 24.7 Å². The molecule has 1 amide bonds. The number of carbonyl (C=O) groups excluding carboxylic acids is 1. The first-order chi connectivity index (χ1) is 14.0. The van der Waals surface area contributed by atoms with E-state index in [1.807, 2.05) is 32.9 Å². The number of hydrogen-bond acceptors (Lipinski definition) is 4. The number of aryl methyl sites for hydroxylation is 2. The maximum Gasteiger partial charge on any atom is 0.257 e. The first-order valence-electron chi connectivity index (χ1n) is 10.1. The molecular weight excluding hydrogens is 366 g/mol. The van der Waals surface area contributed by atoms with Gasteiger partial charge in [-0.2, -0.15) is 0 Å². The molecule has 6 nitrogen and oxygen atoms in total. The quantitative estimate of drug-likeness (QED) is 0.571. The van der Waals surface area contributed by atoms with Gasteiger partial charge in [-0.1, -0.05) is 6.07 Å². The summed E-state index contributed by atoms with van der Waals surface area (Å²) >= 11 is 0. The first-order valence-corrected chi connectivity index (χ1v) is 10.1. The van der Waals surface area contributed by atoms with Gasteiger partial charge in [0.2, 0.25) is 5.96 Å². The molecule has 1 fully saturated rings. The van der Waals surface area contributed by atoms with Crippen LogP contribution in [0.3, 0.4) is 0 Å². The van der Waals surface area contributed by atoms with Gasteiger partial charge in [-0.25, -0.2) is 4.99 Å². The smallest absolute Gasteiger partial charge is 0.257 e. The Balaban J connectivity index is 1.74. The lowest BCUT2D eigenvalue weighted by molar-refractivity contribution is 0.0975. The van der Waals surface area contributed by atoms with Crippen molar-refractivity contribution in [2.75, 3.05) is 25.1 Å². The van der Waals surface area contributed by atoms with E-state index in [4.69, 9.17) is 9.47 Å². The zero-order chi connectivity index (χ0) is 20.6. The lowest BCUT2D eigenvalue weighted by Crippen LogP contribution is -2.36. The van der Waals surface area contributed by atoms with Gasteiger partial charge in [0.15, 0.2) is 0 Å². The summed E-state index contributed by atoms with van der Waals surface area (Å²) in [5.41, 5.74) is 3.72. The summed E-state index contributed by atoms with van der Waals surface area (Å²) in [7, 11) is 0. The van der Waals surface area contributed by atoms with E-state index in [1.165, 1.54) is 0 Å². The van der Waals surface area contributed by atoms with E-state index in [9.17, 15) is 4.79 Å². The van der Waals surface area contributed by atoms with Crippen molar-refractivity contribution in [3.05, 3.63) is 59.2 Å². The molecule has 1 atom stereocenters. The number of ether oxygens (including phenoxy) is 2. The SMILES string of the molecule is CCOc1ccc(C(=O)NC(=NC[C@H]2CCCO2)Nc2cc(C)cc(C)c2)cc1. The van der Waals surface area contributed by atoms with Crippen molar-refractivity contribution in [1.29, 1.82) is 0 Å². The summed E-state index contributed by atoms with van der Waals surface area (Å²) in [5, 5.41) is 6.15. The van der Waals surface area contributed by atoms with Gasteiger partial charge in [-0.3, -0.25) is 10.1 Å². The summed E-state index contributed by atoms with van der Waals surface area (Å²) in [5.74, 6) is 0.935. The van der Waals surface area contributed by atoms with E-state index in [2.05, 4.69) is 21.7 Å². The lowest BCUT2D eigenvalue weighted by atomic mass is 10.1. The predicted octanol–water partition coefficient (Wildman–Crippen LogP) is 4.08. The number of anilines is 1. The normalized spacial score (nSPS) is 16.5. The van der Waals surface area contributed by atoms with Gasteiger partial charge in [0, 0.05) is 17.9 Å². The molecule has 1 aliphatic rings. The Morgan fingerprint density at radius 1 is 1.17 bits per heavy atom. The molecule has 1 heterocycles. The second-order valence-electron chi connectivity index (χ2n) is 7.24. The second-order valence-corrected chi connectivity index (χ2v) is 7.24. The van der Waals surface area contributed by atoms with Gasteiger partial charge in [0.1, 0.15) is 5.75 Å². The molecule has 0 bridgehead atoms. The van der Waals surface area contributed by atoms with Crippen LogP contribution in [0.15, 0.2) is 47.5 Å². The minimum atomic E-state index is -0.226. The molecule has 2 aromatic rings. The van der Waals surface area contributed by atoms with Crippen molar-refractivity contribution in [2.45, 2.75) is 39.7 Å². The summed E-state index contributed by atoms with van der Waals surface area (Å²) < 4.78 is 11.1. The minimum absolute atomic E-state index is 0.105. The molecule has 0 saturated carbocycles. The van der Waals surface area contributed by atoms with E-state index in [0.717, 1.165) is 42.0 Å². The molecule has 0 aromatic heterocycles.